The molecule has 0 aliphatic heterocycles. The second-order valence-electron chi connectivity index (χ2n) is 6.77. The maximum Gasteiger partial charge on any atom is 0.357 e. The maximum absolute atomic E-state index is 13.4. The average molecular weight is 409 g/mol. The number of carbonyl (C=O) groups excluding carboxylic acids is 1. The van der Waals surface area contributed by atoms with Gasteiger partial charge in [0.1, 0.15) is 5.01 Å². The molecule has 0 saturated heterocycles. The van der Waals surface area contributed by atoms with Crippen LogP contribution in [0.15, 0.2) is 34.5 Å². The first-order valence-corrected chi connectivity index (χ1v) is 11.3. The van der Waals surface area contributed by atoms with Gasteiger partial charge < -0.3 is 4.74 Å². The Morgan fingerprint density at radius 3 is 2.52 bits per heavy atom. The number of thiazole rings is 1. The van der Waals surface area contributed by atoms with Crippen molar-refractivity contribution < 1.29 is 17.9 Å². The van der Waals surface area contributed by atoms with Crippen LogP contribution in [0, 0.1) is 6.92 Å². The molecule has 0 radical (unpaired) electrons. The highest BCUT2D eigenvalue weighted by molar-refractivity contribution is 7.89. The summed E-state index contributed by atoms with van der Waals surface area (Å²) < 4.78 is 33.0. The molecule has 1 fully saturated rings. The van der Waals surface area contributed by atoms with Crippen molar-refractivity contribution in [3.8, 4) is 0 Å². The minimum atomic E-state index is -3.65. The van der Waals surface area contributed by atoms with Crippen molar-refractivity contribution in [3.63, 3.8) is 0 Å². The first-order chi connectivity index (χ1) is 12.9. The molecular weight excluding hydrogens is 384 g/mol. The number of rotatable bonds is 6. The molecule has 8 heteroatoms. The molecule has 0 amide bonds. The smallest absolute Gasteiger partial charge is 0.357 e. The maximum atomic E-state index is 13.4. The van der Waals surface area contributed by atoms with Crippen molar-refractivity contribution in [2.45, 2.75) is 56.5 Å². The van der Waals surface area contributed by atoms with Crippen LogP contribution in [0.5, 0.6) is 0 Å². The van der Waals surface area contributed by atoms with E-state index in [1.807, 2.05) is 19.1 Å². The number of esters is 1. The Labute approximate surface area is 164 Å². The number of sulfonamides is 1. The molecule has 3 rings (SSSR count). The van der Waals surface area contributed by atoms with E-state index < -0.39 is 16.0 Å². The number of benzene rings is 1. The number of hydrogen-bond donors (Lipinski definition) is 0. The molecule has 2 aromatic rings. The van der Waals surface area contributed by atoms with Gasteiger partial charge in [-0.05, 0) is 31.9 Å². The first-order valence-electron chi connectivity index (χ1n) is 9.03. The molecule has 0 unspecified atom stereocenters. The molecule has 1 aliphatic carbocycles. The van der Waals surface area contributed by atoms with E-state index in [-0.39, 0.29) is 18.3 Å². The van der Waals surface area contributed by atoms with Gasteiger partial charge in [-0.3, -0.25) is 0 Å². The molecule has 0 spiro atoms. The lowest BCUT2D eigenvalue weighted by molar-refractivity contribution is 0.0594. The summed E-state index contributed by atoms with van der Waals surface area (Å²) in [5.74, 6) is -0.511. The van der Waals surface area contributed by atoms with Crippen molar-refractivity contribution >= 4 is 27.3 Å². The molecule has 1 heterocycles. The minimum absolute atomic E-state index is 0.0458. The zero-order valence-corrected chi connectivity index (χ0v) is 17.2. The van der Waals surface area contributed by atoms with E-state index in [1.54, 1.807) is 21.8 Å². The van der Waals surface area contributed by atoms with Crippen LogP contribution in [0.1, 0.15) is 53.2 Å². The topological polar surface area (TPSA) is 76.6 Å². The van der Waals surface area contributed by atoms with Gasteiger partial charge in [0.05, 0.1) is 18.6 Å². The molecule has 146 valence electrons. The summed E-state index contributed by atoms with van der Waals surface area (Å²) in [7, 11) is -2.35. The molecule has 0 bridgehead atoms. The van der Waals surface area contributed by atoms with Gasteiger partial charge in [0.25, 0.3) is 0 Å². The van der Waals surface area contributed by atoms with E-state index in [1.165, 1.54) is 18.4 Å². The van der Waals surface area contributed by atoms with Gasteiger partial charge in [-0.2, -0.15) is 4.31 Å². The predicted octanol–water partition coefficient (Wildman–Crippen LogP) is 3.76. The Morgan fingerprint density at radius 2 is 1.89 bits per heavy atom. The number of aryl methyl sites for hydroxylation is 1. The molecule has 0 N–H and O–H groups in total. The van der Waals surface area contributed by atoms with Crippen molar-refractivity contribution in [2.24, 2.45) is 0 Å². The summed E-state index contributed by atoms with van der Waals surface area (Å²) in [6.07, 6.45) is 4.88. The second kappa shape index (κ2) is 8.50. The average Bonchev–Trinajstić information content (AvgIpc) is 3.15. The zero-order valence-electron chi connectivity index (χ0n) is 15.6. The molecule has 1 aromatic heterocycles. The van der Waals surface area contributed by atoms with Gasteiger partial charge >= 0.3 is 5.97 Å². The molecular formula is C19H24N2O4S2. The number of carbonyl (C=O) groups is 1. The Morgan fingerprint density at radius 1 is 1.22 bits per heavy atom. The van der Waals surface area contributed by atoms with Crippen LogP contribution in [-0.4, -0.2) is 36.8 Å². The molecule has 0 atom stereocenters. The molecule has 1 saturated carbocycles. The molecule has 6 nitrogen and oxygen atoms in total. The van der Waals surface area contributed by atoms with E-state index >= 15 is 0 Å². The van der Waals surface area contributed by atoms with Crippen molar-refractivity contribution in [3.05, 3.63) is 45.9 Å². The lowest BCUT2D eigenvalue weighted by atomic mass is 9.95. The van der Waals surface area contributed by atoms with Crippen LogP contribution in [0.3, 0.4) is 0 Å². The fourth-order valence-electron chi connectivity index (χ4n) is 3.34. The van der Waals surface area contributed by atoms with Gasteiger partial charge in [-0.15, -0.1) is 11.3 Å². The summed E-state index contributed by atoms with van der Waals surface area (Å²) in [5, 5.41) is 2.20. The highest BCUT2D eigenvalue weighted by atomic mass is 32.2. The highest BCUT2D eigenvalue weighted by Crippen LogP contribution is 2.30. The lowest BCUT2D eigenvalue weighted by Gasteiger charge is -2.33. The number of methoxy groups -OCH3 is 1. The zero-order chi connectivity index (χ0) is 19.4. The van der Waals surface area contributed by atoms with Gasteiger partial charge in [0, 0.05) is 11.4 Å². The van der Waals surface area contributed by atoms with Gasteiger partial charge in [0.2, 0.25) is 10.0 Å². The molecule has 1 aromatic carbocycles. The van der Waals surface area contributed by atoms with Gasteiger partial charge in [0.15, 0.2) is 5.69 Å². The van der Waals surface area contributed by atoms with E-state index in [9.17, 15) is 13.2 Å². The third-order valence-electron chi connectivity index (χ3n) is 4.85. The lowest BCUT2D eigenvalue weighted by Crippen LogP contribution is -2.40. The molecule has 27 heavy (non-hydrogen) atoms. The second-order valence-corrected chi connectivity index (χ2v) is 9.61. The standard InChI is InChI=1S/C19H24N2O4S2/c1-14-8-10-16(11-9-14)27(23,24)21(15-6-4-3-5-7-15)12-18-20-17(13-26-18)19(22)25-2/h8-11,13,15H,3-7,12H2,1-2H3. The number of nitrogens with zero attached hydrogens (tertiary/aromatic N) is 2. The normalized spacial score (nSPS) is 15.8. The highest BCUT2D eigenvalue weighted by Gasteiger charge is 2.33. The Balaban J connectivity index is 1.92. The van der Waals surface area contributed by atoms with Crippen LogP contribution in [0.4, 0.5) is 0 Å². The third-order valence-corrected chi connectivity index (χ3v) is 7.59. The summed E-state index contributed by atoms with van der Waals surface area (Å²) in [5.41, 5.74) is 1.23. The fraction of sp³-hybridized carbons (Fsp3) is 0.474. The first kappa shape index (κ1) is 20.0. The van der Waals surface area contributed by atoms with Crippen LogP contribution in [0.25, 0.3) is 0 Å². The van der Waals surface area contributed by atoms with Crippen LogP contribution in [0.2, 0.25) is 0 Å². The van der Waals surface area contributed by atoms with Crippen molar-refractivity contribution in [1.29, 1.82) is 0 Å². The van der Waals surface area contributed by atoms with Crippen molar-refractivity contribution in [1.82, 2.24) is 9.29 Å². The van der Waals surface area contributed by atoms with Crippen LogP contribution < -0.4 is 0 Å². The largest absolute Gasteiger partial charge is 0.464 e. The number of hydrogen-bond acceptors (Lipinski definition) is 6. The van der Waals surface area contributed by atoms with E-state index in [0.717, 1.165) is 37.7 Å². The van der Waals surface area contributed by atoms with Crippen molar-refractivity contribution in [2.75, 3.05) is 7.11 Å². The van der Waals surface area contributed by atoms with Gasteiger partial charge in [-0.1, -0.05) is 37.0 Å². The SMILES string of the molecule is COC(=O)c1csc(CN(C2CCCCC2)S(=O)(=O)c2ccc(C)cc2)n1. The van der Waals surface area contributed by atoms with E-state index in [2.05, 4.69) is 4.98 Å². The third kappa shape index (κ3) is 4.56. The summed E-state index contributed by atoms with van der Waals surface area (Å²) >= 11 is 1.28. The summed E-state index contributed by atoms with van der Waals surface area (Å²) in [4.78, 5) is 16.2. The monoisotopic (exact) mass is 408 g/mol. The fourth-order valence-corrected chi connectivity index (χ4v) is 5.83. The number of aromatic nitrogens is 1. The minimum Gasteiger partial charge on any atom is -0.464 e. The number of ether oxygens (including phenoxy) is 1. The predicted molar refractivity (Wildman–Crippen MR) is 104 cm³/mol. The molecule has 1 aliphatic rings. The van der Waals surface area contributed by atoms with Crippen LogP contribution in [-0.2, 0) is 21.3 Å². The van der Waals surface area contributed by atoms with Crippen LogP contribution >= 0.6 is 11.3 Å². The van der Waals surface area contributed by atoms with Gasteiger partial charge in [-0.25, -0.2) is 18.2 Å². The van der Waals surface area contributed by atoms with E-state index in [0.29, 0.717) is 9.90 Å². The Kier molecular flexibility index (Phi) is 6.29. The Bertz CT molecular complexity index is 885. The Hall–Kier alpha value is -1.77. The summed E-state index contributed by atoms with van der Waals surface area (Å²) in [6.45, 7) is 2.10. The summed E-state index contributed by atoms with van der Waals surface area (Å²) in [6, 6.07) is 6.88. The quantitative estimate of drug-likeness (QED) is 0.680. The van der Waals surface area contributed by atoms with E-state index in [4.69, 9.17) is 4.74 Å².